The van der Waals surface area contributed by atoms with Crippen LogP contribution in [-0.2, 0) is 4.79 Å². The van der Waals surface area contributed by atoms with Crippen LogP contribution in [-0.4, -0.2) is 27.7 Å². The Labute approximate surface area is 167 Å². The van der Waals surface area contributed by atoms with E-state index in [2.05, 4.69) is 15.4 Å². The van der Waals surface area contributed by atoms with Gasteiger partial charge in [0.05, 0.1) is 12.7 Å². The minimum atomic E-state index is -0.433. The zero-order valence-electron chi connectivity index (χ0n) is 15.9. The van der Waals surface area contributed by atoms with Crippen molar-refractivity contribution in [2.45, 2.75) is 25.3 Å². The molecule has 1 N–H and O–H groups in total. The number of Topliss-reactive ketones (excluding diaryl/α,β-unsaturated/α-hetero) is 1. The molecule has 0 amide bonds. The lowest BCUT2D eigenvalue weighted by atomic mass is 9.85. The van der Waals surface area contributed by atoms with Crippen LogP contribution in [0.1, 0.15) is 30.9 Å². The molecule has 0 radical (unpaired) electrons. The summed E-state index contributed by atoms with van der Waals surface area (Å²) in [7, 11) is 1.61. The molecule has 2 aromatic carbocycles. The number of nitrogens with zero attached hydrogens (tertiary/aromatic N) is 3. The Balaban J connectivity index is 1.70. The van der Waals surface area contributed by atoms with Crippen LogP contribution in [0.15, 0.2) is 59.8 Å². The highest BCUT2D eigenvalue weighted by atomic mass is 19.1. The van der Waals surface area contributed by atoms with Crippen LogP contribution in [0.4, 0.5) is 10.3 Å². The summed E-state index contributed by atoms with van der Waals surface area (Å²) in [6.45, 7) is 0. The molecule has 2 aliphatic rings. The Kier molecular flexibility index (Phi) is 4.16. The largest absolute Gasteiger partial charge is 0.497 e. The van der Waals surface area contributed by atoms with E-state index >= 15 is 0 Å². The summed E-state index contributed by atoms with van der Waals surface area (Å²) in [6, 6.07) is 13.6. The molecule has 2 heterocycles. The van der Waals surface area contributed by atoms with Crippen LogP contribution >= 0.6 is 0 Å². The number of methoxy groups -OCH3 is 1. The molecule has 7 heteroatoms. The first kappa shape index (κ1) is 17.6. The van der Waals surface area contributed by atoms with Crippen molar-refractivity contribution < 1.29 is 13.9 Å². The lowest BCUT2D eigenvalue weighted by molar-refractivity contribution is -0.116. The lowest BCUT2D eigenvalue weighted by Crippen LogP contribution is -2.31. The molecule has 1 aliphatic carbocycles. The predicted octanol–water partition coefficient (Wildman–Crippen LogP) is 4.11. The summed E-state index contributed by atoms with van der Waals surface area (Å²) < 4.78 is 21.4. The predicted molar refractivity (Wildman–Crippen MR) is 106 cm³/mol. The van der Waals surface area contributed by atoms with E-state index in [1.54, 1.807) is 30.0 Å². The van der Waals surface area contributed by atoms with Gasteiger partial charge in [0.1, 0.15) is 17.6 Å². The zero-order valence-corrected chi connectivity index (χ0v) is 15.9. The van der Waals surface area contributed by atoms with Gasteiger partial charge in [-0.05, 0) is 42.7 Å². The second-order valence-electron chi connectivity index (χ2n) is 7.16. The summed E-state index contributed by atoms with van der Waals surface area (Å²) in [6.07, 6.45) is 2.07. The van der Waals surface area contributed by atoms with Crippen LogP contribution in [0, 0.1) is 5.82 Å². The molecule has 1 aromatic heterocycles. The number of carbonyl (C=O) groups is 1. The summed E-state index contributed by atoms with van der Waals surface area (Å²) in [4.78, 5) is 17.4. The maximum atomic E-state index is 14.3. The molecule has 146 valence electrons. The summed E-state index contributed by atoms with van der Waals surface area (Å²) in [5.41, 5.74) is 2.76. The number of ether oxygens (including phenoxy) is 1. The standard InChI is InChI=1S/C22H19FN4O2/c1-29-14-7-4-6-13(12-14)20-19-17(10-5-11-18(19)28)24-22-25-21(26-27(20)22)15-8-2-3-9-16(15)23/h2-4,6-9,12,20H,5,10-11H2,1H3,(H,24,25,26). The van der Waals surface area contributed by atoms with Crippen molar-refractivity contribution in [3.63, 3.8) is 0 Å². The number of rotatable bonds is 3. The van der Waals surface area contributed by atoms with Crippen molar-refractivity contribution in [1.29, 1.82) is 0 Å². The number of allylic oxidation sites excluding steroid dienone is 2. The minimum Gasteiger partial charge on any atom is -0.497 e. The summed E-state index contributed by atoms with van der Waals surface area (Å²) in [5, 5.41) is 7.86. The monoisotopic (exact) mass is 390 g/mol. The van der Waals surface area contributed by atoms with Gasteiger partial charge in [0, 0.05) is 17.7 Å². The third kappa shape index (κ3) is 2.90. The van der Waals surface area contributed by atoms with Gasteiger partial charge in [-0.3, -0.25) is 4.79 Å². The number of aromatic nitrogens is 3. The number of hydrogen-bond acceptors (Lipinski definition) is 5. The van der Waals surface area contributed by atoms with E-state index < -0.39 is 6.04 Å². The van der Waals surface area contributed by atoms with Crippen LogP contribution in [0.5, 0.6) is 5.75 Å². The lowest BCUT2D eigenvalue weighted by Gasteiger charge is -2.32. The second kappa shape index (κ2) is 6.84. The molecule has 1 atom stereocenters. The quantitative estimate of drug-likeness (QED) is 0.729. The van der Waals surface area contributed by atoms with Crippen LogP contribution in [0.2, 0.25) is 0 Å². The molecule has 6 nitrogen and oxygen atoms in total. The van der Waals surface area contributed by atoms with E-state index in [1.807, 2.05) is 24.3 Å². The van der Waals surface area contributed by atoms with E-state index in [0.717, 1.165) is 24.1 Å². The van der Waals surface area contributed by atoms with Gasteiger partial charge in [-0.2, -0.15) is 4.98 Å². The Bertz CT molecular complexity index is 1150. The fourth-order valence-corrected chi connectivity index (χ4v) is 4.03. The van der Waals surface area contributed by atoms with Gasteiger partial charge in [-0.25, -0.2) is 9.07 Å². The molecule has 5 rings (SSSR count). The van der Waals surface area contributed by atoms with Crippen molar-refractivity contribution in [1.82, 2.24) is 14.8 Å². The van der Waals surface area contributed by atoms with Gasteiger partial charge in [-0.1, -0.05) is 24.3 Å². The average molecular weight is 390 g/mol. The maximum Gasteiger partial charge on any atom is 0.226 e. The van der Waals surface area contributed by atoms with Crippen molar-refractivity contribution >= 4 is 11.7 Å². The highest BCUT2D eigenvalue weighted by Crippen LogP contribution is 2.41. The van der Waals surface area contributed by atoms with Gasteiger partial charge in [0.2, 0.25) is 5.95 Å². The smallest absolute Gasteiger partial charge is 0.226 e. The van der Waals surface area contributed by atoms with Gasteiger partial charge < -0.3 is 10.1 Å². The number of hydrogen-bond donors (Lipinski definition) is 1. The minimum absolute atomic E-state index is 0.0974. The van der Waals surface area contributed by atoms with Gasteiger partial charge in [0.15, 0.2) is 11.6 Å². The number of nitrogens with one attached hydrogen (secondary N) is 1. The van der Waals surface area contributed by atoms with E-state index in [1.165, 1.54) is 6.07 Å². The SMILES string of the molecule is COc1cccc(C2C3=C(CCCC3=O)Nc3nc(-c4ccccc4F)nn32)c1. The second-order valence-corrected chi connectivity index (χ2v) is 7.16. The number of fused-ring (bicyclic) bond motifs is 1. The number of benzene rings is 2. The van der Waals surface area contributed by atoms with Crippen LogP contribution < -0.4 is 10.1 Å². The van der Waals surface area contributed by atoms with E-state index in [-0.39, 0.29) is 17.4 Å². The molecule has 1 unspecified atom stereocenters. The number of anilines is 1. The Morgan fingerprint density at radius 2 is 2.03 bits per heavy atom. The van der Waals surface area contributed by atoms with Crippen molar-refractivity contribution in [3.8, 4) is 17.1 Å². The molecular weight excluding hydrogens is 371 g/mol. The van der Waals surface area contributed by atoms with Gasteiger partial charge in [0.25, 0.3) is 0 Å². The zero-order chi connectivity index (χ0) is 20.0. The van der Waals surface area contributed by atoms with Crippen LogP contribution in [0.25, 0.3) is 11.4 Å². The number of ketones is 1. The Morgan fingerprint density at radius 1 is 1.17 bits per heavy atom. The normalized spacial score (nSPS) is 18.1. The first-order chi connectivity index (χ1) is 14.2. The van der Waals surface area contributed by atoms with Crippen molar-refractivity contribution in [2.75, 3.05) is 12.4 Å². The first-order valence-electron chi connectivity index (χ1n) is 9.54. The highest BCUT2D eigenvalue weighted by Gasteiger charge is 2.37. The fraction of sp³-hybridized carbons (Fsp3) is 0.227. The number of halogens is 1. The Hall–Kier alpha value is -3.48. The molecule has 1 aliphatic heterocycles. The molecule has 0 spiro atoms. The molecule has 0 saturated carbocycles. The van der Waals surface area contributed by atoms with Gasteiger partial charge in [-0.15, -0.1) is 5.10 Å². The fourth-order valence-electron chi connectivity index (χ4n) is 4.03. The third-order valence-electron chi connectivity index (χ3n) is 5.39. The van der Waals surface area contributed by atoms with E-state index in [9.17, 15) is 9.18 Å². The van der Waals surface area contributed by atoms with Crippen LogP contribution in [0.3, 0.4) is 0 Å². The van der Waals surface area contributed by atoms with Crippen molar-refractivity contribution in [3.05, 3.63) is 71.2 Å². The molecular formula is C22H19FN4O2. The highest BCUT2D eigenvalue weighted by molar-refractivity contribution is 5.99. The molecule has 3 aromatic rings. The Morgan fingerprint density at radius 3 is 2.86 bits per heavy atom. The molecule has 0 bridgehead atoms. The first-order valence-corrected chi connectivity index (χ1v) is 9.54. The average Bonchev–Trinajstić information content (AvgIpc) is 3.16. The maximum absolute atomic E-state index is 14.3. The van der Waals surface area contributed by atoms with Crippen molar-refractivity contribution in [2.24, 2.45) is 0 Å². The summed E-state index contributed by atoms with van der Waals surface area (Å²) >= 11 is 0. The topological polar surface area (TPSA) is 69.0 Å². The van der Waals surface area contributed by atoms with E-state index in [0.29, 0.717) is 29.3 Å². The molecule has 29 heavy (non-hydrogen) atoms. The molecule has 0 saturated heterocycles. The third-order valence-corrected chi connectivity index (χ3v) is 5.39. The number of carbonyl (C=O) groups excluding carboxylic acids is 1. The van der Waals surface area contributed by atoms with Gasteiger partial charge >= 0.3 is 0 Å². The molecule has 0 fully saturated rings. The van der Waals surface area contributed by atoms with E-state index in [4.69, 9.17) is 4.74 Å². The summed E-state index contributed by atoms with van der Waals surface area (Å²) in [5.74, 6) is 1.19.